The van der Waals surface area contributed by atoms with Crippen LogP contribution in [0.15, 0.2) is 12.1 Å². The van der Waals surface area contributed by atoms with Crippen LogP contribution >= 0.6 is 23.2 Å². The zero-order valence-corrected chi connectivity index (χ0v) is 15.9. The van der Waals surface area contributed by atoms with Crippen molar-refractivity contribution in [2.24, 2.45) is 0 Å². The summed E-state index contributed by atoms with van der Waals surface area (Å²) in [6, 6.07) is 3.80. The molecule has 4 rings (SSSR count). The largest absolute Gasteiger partial charge is 0.508 e. The van der Waals surface area contributed by atoms with Crippen LogP contribution in [0.5, 0.6) is 5.75 Å². The number of phenolic OH excluding ortho intramolecular Hbond substituents is 1. The molecule has 5 nitrogen and oxygen atoms in total. The summed E-state index contributed by atoms with van der Waals surface area (Å²) in [5.74, 6) is 2.74. The average molecular weight is 381 g/mol. The fourth-order valence-corrected chi connectivity index (χ4v) is 4.59. The highest BCUT2D eigenvalue weighted by molar-refractivity contribution is 6.42. The highest BCUT2D eigenvalue weighted by Crippen LogP contribution is 2.42. The van der Waals surface area contributed by atoms with Crippen LogP contribution in [0.4, 0.5) is 0 Å². The second-order valence-corrected chi connectivity index (χ2v) is 8.14. The minimum Gasteiger partial charge on any atom is -0.508 e. The molecule has 25 heavy (non-hydrogen) atoms. The van der Waals surface area contributed by atoms with Crippen LogP contribution in [-0.2, 0) is 13.0 Å². The van der Waals surface area contributed by atoms with Gasteiger partial charge < -0.3 is 14.6 Å². The van der Waals surface area contributed by atoms with Gasteiger partial charge in [-0.1, -0.05) is 23.2 Å². The lowest BCUT2D eigenvalue weighted by atomic mass is 9.96. The molecule has 7 heteroatoms. The molecule has 0 aliphatic carbocycles. The van der Waals surface area contributed by atoms with E-state index in [-0.39, 0.29) is 11.7 Å². The normalized spacial score (nSPS) is 23.6. The summed E-state index contributed by atoms with van der Waals surface area (Å²) in [6.45, 7) is 7.34. The molecule has 1 aromatic carbocycles. The van der Waals surface area contributed by atoms with Gasteiger partial charge >= 0.3 is 0 Å². The first kappa shape index (κ1) is 17.1. The lowest BCUT2D eigenvalue weighted by Gasteiger charge is -2.20. The van der Waals surface area contributed by atoms with Crippen molar-refractivity contribution in [2.45, 2.75) is 51.1 Å². The van der Waals surface area contributed by atoms with E-state index in [0.717, 1.165) is 49.7 Å². The van der Waals surface area contributed by atoms with Crippen molar-refractivity contribution in [3.63, 3.8) is 0 Å². The molecule has 1 N–H and O–H groups in total. The fourth-order valence-electron chi connectivity index (χ4n) is 4.11. The smallest absolute Gasteiger partial charge is 0.137 e. The molecule has 2 atom stereocenters. The Labute approximate surface area is 157 Å². The predicted molar refractivity (Wildman–Crippen MR) is 98.7 cm³/mol. The van der Waals surface area contributed by atoms with Crippen molar-refractivity contribution in [3.8, 4) is 5.75 Å². The number of benzene rings is 1. The van der Waals surface area contributed by atoms with Gasteiger partial charge in [-0.25, -0.2) is 0 Å². The van der Waals surface area contributed by atoms with Crippen molar-refractivity contribution in [2.75, 3.05) is 13.1 Å². The van der Waals surface area contributed by atoms with Crippen LogP contribution in [-0.4, -0.2) is 43.9 Å². The summed E-state index contributed by atoms with van der Waals surface area (Å²) >= 11 is 12.5. The van der Waals surface area contributed by atoms with Gasteiger partial charge in [-0.05, 0) is 38.9 Å². The molecule has 2 aliphatic heterocycles. The molecule has 0 saturated carbocycles. The predicted octanol–water partition coefficient (Wildman–Crippen LogP) is 3.83. The van der Waals surface area contributed by atoms with Gasteiger partial charge in [-0.15, -0.1) is 10.2 Å². The van der Waals surface area contributed by atoms with Crippen LogP contribution in [0.3, 0.4) is 0 Å². The maximum absolute atomic E-state index is 10.3. The number of phenols is 1. The van der Waals surface area contributed by atoms with Gasteiger partial charge in [-0.2, -0.15) is 0 Å². The number of rotatable bonds is 3. The molecule has 134 valence electrons. The average Bonchev–Trinajstić information content (AvgIpc) is 3.26. The van der Waals surface area contributed by atoms with Crippen molar-refractivity contribution in [1.29, 1.82) is 0 Å². The first-order valence-corrected chi connectivity index (χ1v) is 9.54. The quantitative estimate of drug-likeness (QED) is 0.878. The summed E-state index contributed by atoms with van der Waals surface area (Å²) in [5, 5.41) is 20.1. The van der Waals surface area contributed by atoms with Gasteiger partial charge in [0, 0.05) is 43.0 Å². The fraction of sp³-hybridized carbons (Fsp3) is 0.556. The molecule has 1 saturated heterocycles. The Morgan fingerprint density at radius 1 is 1.16 bits per heavy atom. The molecule has 2 aromatic rings. The summed E-state index contributed by atoms with van der Waals surface area (Å²) in [7, 11) is 0. The molecule has 0 amide bonds. The van der Waals surface area contributed by atoms with E-state index in [4.69, 9.17) is 23.2 Å². The van der Waals surface area contributed by atoms with E-state index in [2.05, 4.69) is 33.5 Å². The van der Waals surface area contributed by atoms with E-state index in [9.17, 15) is 5.11 Å². The molecular weight excluding hydrogens is 359 g/mol. The van der Waals surface area contributed by atoms with Crippen molar-refractivity contribution in [3.05, 3.63) is 39.4 Å². The molecule has 0 spiro atoms. The minimum atomic E-state index is 0.0815. The summed E-state index contributed by atoms with van der Waals surface area (Å²) in [6.07, 6.45) is 1.84. The number of likely N-dealkylation sites (tertiary alicyclic amines) is 1. The molecule has 1 fully saturated rings. The number of halogens is 2. The Kier molecular flexibility index (Phi) is 4.42. The molecule has 0 radical (unpaired) electrons. The Bertz CT molecular complexity index is 805. The molecule has 0 unspecified atom stereocenters. The third-order valence-corrected chi connectivity index (χ3v) is 6.34. The molecule has 0 bridgehead atoms. The maximum Gasteiger partial charge on any atom is 0.137 e. The van der Waals surface area contributed by atoms with E-state index in [1.165, 1.54) is 0 Å². The number of nitrogens with zero attached hydrogens (tertiary/aromatic N) is 4. The van der Waals surface area contributed by atoms with Crippen molar-refractivity contribution >= 4 is 23.2 Å². The highest BCUT2D eigenvalue weighted by atomic mass is 35.5. The Balaban J connectivity index is 1.59. The SMILES string of the molecule is CC(C)N1CC[C@@H](c2nnc3n2C[C@H](c2c(O)ccc(Cl)c2Cl)C3)C1. The monoisotopic (exact) mass is 380 g/mol. The van der Waals surface area contributed by atoms with E-state index >= 15 is 0 Å². The topological polar surface area (TPSA) is 54.2 Å². The first-order chi connectivity index (χ1) is 12.0. The lowest BCUT2D eigenvalue weighted by molar-refractivity contribution is 0.271. The summed E-state index contributed by atoms with van der Waals surface area (Å²) in [5.41, 5.74) is 0.723. The van der Waals surface area contributed by atoms with E-state index < -0.39 is 0 Å². The van der Waals surface area contributed by atoms with Gasteiger partial charge in [0.2, 0.25) is 0 Å². The van der Waals surface area contributed by atoms with Crippen molar-refractivity contribution < 1.29 is 5.11 Å². The van der Waals surface area contributed by atoms with Crippen LogP contribution in [0.2, 0.25) is 10.0 Å². The standard InChI is InChI=1S/C18H22Cl2N4O/c1-10(2)23-6-5-11(8-23)18-22-21-15-7-12(9-24(15)18)16-14(25)4-3-13(19)17(16)20/h3-4,10-12,25H,5-9H2,1-2H3/t11-,12-/m1/s1. The Morgan fingerprint density at radius 3 is 2.68 bits per heavy atom. The van der Waals surface area contributed by atoms with Gasteiger partial charge in [0.25, 0.3) is 0 Å². The number of aromatic hydroxyl groups is 1. The van der Waals surface area contributed by atoms with Gasteiger partial charge in [0.1, 0.15) is 17.4 Å². The van der Waals surface area contributed by atoms with Gasteiger partial charge in [0.05, 0.1) is 10.0 Å². The third-order valence-electron chi connectivity index (χ3n) is 5.52. The van der Waals surface area contributed by atoms with E-state index in [1.54, 1.807) is 12.1 Å². The number of aromatic nitrogens is 3. The van der Waals surface area contributed by atoms with Crippen LogP contribution in [0, 0.1) is 0 Å². The Morgan fingerprint density at radius 2 is 1.96 bits per heavy atom. The Hall–Kier alpha value is -1.30. The zero-order valence-electron chi connectivity index (χ0n) is 14.4. The van der Waals surface area contributed by atoms with Crippen LogP contribution in [0.1, 0.15) is 49.3 Å². The van der Waals surface area contributed by atoms with Crippen LogP contribution < -0.4 is 0 Å². The van der Waals surface area contributed by atoms with Gasteiger partial charge in [0.15, 0.2) is 0 Å². The molecular formula is C18H22Cl2N4O. The van der Waals surface area contributed by atoms with Gasteiger partial charge in [-0.3, -0.25) is 0 Å². The number of fused-ring (bicyclic) bond motifs is 1. The van der Waals surface area contributed by atoms with E-state index in [1.807, 2.05) is 0 Å². The number of hydrogen-bond donors (Lipinski definition) is 1. The second kappa shape index (κ2) is 6.45. The zero-order chi connectivity index (χ0) is 17.7. The lowest BCUT2D eigenvalue weighted by Crippen LogP contribution is -2.28. The first-order valence-electron chi connectivity index (χ1n) is 8.78. The molecule has 3 heterocycles. The number of hydrogen-bond acceptors (Lipinski definition) is 4. The highest BCUT2D eigenvalue weighted by Gasteiger charge is 2.35. The molecule has 1 aromatic heterocycles. The minimum absolute atomic E-state index is 0.0815. The van der Waals surface area contributed by atoms with Crippen LogP contribution in [0.25, 0.3) is 0 Å². The maximum atomic E-state index is 10.3. The summed E-state index contributed by atoms with van der Waals surface area (Å²) in [4.78, 5) is 2.48. The summed E-state index contributed by atoms with van der Waals surface area (Å²) < 4.78 is 2.22. The second-order valence-electron chi connectivity index (χ2n) is 7.35. The van der Waals surface area contributed by atoms with E-state index in [0.29, 0.717) is 22.0 Å². The third kappa shape index (κ3) is 2.92. The van der Waals surface area contributed by atoms with Crippen molar-refractivity contribution in [1.82, 2.24) is 19.7 Å². The molecule has 2 aliphatic rings.